The summed E-state index contributed by atoms with van der Waals surface area (Å²) >= 11 is 6.22. The predicted molar refractivity (Wildman–Crippen MR) is 118 cm³/mol. The molecule has 164 valence electrons. The van der Waals surface area contributed by atoms with Gasteiger partial charge in [0.2, 0.25) is 0 Å². The Labute approximate surface area is 187 Å². The Balaban J connectivity index is 1.76. The zero-order valence-corrected chi connectivity index (χ0v) is 18.6. The maximum absolute atomic E-state index is 13.4. The summed E-state index contributed by atoms with van der Waals surface area (Å²) in [6.07, 6.45) is 0. The van der Waals surface area contributed by atoms with Gasteiger partial charge in [-0.2, -0.15) is 0 Å². The second-order valence-corrected chi connectivity index (χ2v) is 7.93. The Hall–Kier alpha value is -3.72. The zero-order valence-electron chi connectivity index (χ0n) is 17.8. The topological polar surface area (TPSA) is 116 Å². The lowest BCUT2D eigenvalue weighted by Crippen LogP contribution is -2.26. The van der Waals surface area contributed by atoms with E-state index in [2.05, 4.69) is 10.1 Å². The molecule has 0 N–H and O–H groups in total. The van der Waals surface area contributed by atoms with Gasteiger partial charge in [-0.15, -0.1) is 0 Å². The van der Waals surface area contributed by atoms with Crippen molar-refractivity contribution in [1.82, 2.24) is 15.0 Å². The molecular weight excluding hydrogens is 436 g/mol. The third-order valence-electron chi connectivity index (χ3n) is 5.16. The first-order chi connectivity index (χ1) is 15.2. The predicted octanol–water partition coefficient (Wildman–Crippen LogP) is 5.24. The van der Waals surface area contributed by atoms with Crippen molar-refractivity contribution in [2.45, 2.75) is 27.3 Å². The van der Waals surface area contributed by atoms with Crippen LogP contribution in [0.5, 0.6) is 0 Å². The molecule has 0 unspecified atom stereocenters. The summed E-state index contributed by atoms with van der Waals surface area (Å²) in [5, 5.41) is 15.9. The SMILES string of the molecule is Cc1cc(-c2cc(C(=O)N(C)Cc3cc([N+](=O)[O-])ccc3Cl)c3c(C)noc3n2)c(C)o1. The number of carbonyl (C=O) groups excluding carboxylic acids is 1. The summed E-state index contributed by atoms with van der Waals surface area (Å²) in [7, 11) is 1.60. The van der Waals surface area contributed by atoms with Crippen molar-refractivity contribution < 1.29 is 18.7 Å². The molecule has 3 aromatic heterocycles. The summed E-state index contributed by atoms with van der Waals surface area (Å²) < 4.78 is 11.0. The highest BCUT2D eigenvalue weighted by Crippen LogP contribution is 2.31. The Morgan fingerprint density at radius 1 is 1.22 bits per heavy atom. The van der Waals surface area contributed by atoms with Crippen molar-refractivity contribution >= 4 is 34.3 Å². The van der Waals surface area contributed by atoms with E-state index in [0.717, 1.165) is 11.3 Å². The molecule has 0 radical (unpaired) electrons. The molecule has 0 bridgehead atoms. The summed E-state index contributed by atoms with van der Waals surface area (Å²) in [6.45, 7) is 5.45. The van der Waals surface area contributed by atoms with Gasteiger partial charge in [0, 0.05) is 36.3 Å². The monoisotopic (exact) mass is 454 g/mol. The fraction of sp³-hybridized carbons (Fsp3) is 0.227. The Morgan fingerprint density at radius 2 is 1.97 bits per heavy atom. The van der Waals surface area contributed by atoms with Crippen LogP contribution < -0.4 is 0 Å². The number of amides is 1. The van der Waals surface area contributed by atoms with Crippen LogP contribution in [0.4, 0.5) is 5.69 Å². The van der Waals surface area contributed by atoms with Crippen LogP contribution in [0.2, 0.25) is 5.02 Å². The molecule has 9 nitrogen and oxygen atoms in total. The van der Waals surface area contributed by atoms with Gasteiger partial charge < -0.3 is 13.8 Å². The van der Waals surface area contributed by atoms with E-state index >= 15 is 0 Å². The van der Waals surface area contributed by atoms with Gasteiger partial charge in [0.1, 0.15) is 11.5 Å². The number of benzene rings is 1. The Kier molecular flexibility index (Phi) is 5.43. The molecule has 10 heteroatoms. The summed E-state index contributed by atoms with van der Waals surface area (Å²) in [6, 6.07) is 7.65. The number of furan rings is 1. The van der Waals surface area contributed by atoms with Gasteiger partial charge in [0.25, 0.3) is 17.3 Å². The quantitative estimate of drug-likeness (QED) is 0.299. The van der Waals surface area contributed by atoms with Crippen molar-refractivity contribution in [3.63, 3.8) is 0 Å². The van der Waals surface area contributed by atoms with Crippen LogP contribution in [0.1, 0.15) is 33.1 Å². The van der Waals surface area contributed by atoms with Crippen LogP contribution in [0.25, 0.3) is 22.4 Å². The number of nitrogens with zero attached hydrogens (tertiary/aromatic N) is 4. The highest BCUT2D eigenvalue weighted by atomic mass is 35.5. The first-order valence-corrected chi connectivity index (χ1v) is 10.1. The van der Waals surface area contributed by atoms with Gasteiger partial charge in [-0.25, -0.2) is 4.98 Å². The molecule has 0 saturated carbocycles. The number of non-ortho nitro benzene ring substituents is 1. The van der Waals surface area contributed by atoms with Crippen LogP contribution in [-0.2, 0) is 6.54 Å². The van der Waals surface area contributed by atoms with E-state index in [0.29, 0.717) is 38.7 Å². The number of hydrogen-bond donors (Lipinski definition) is 0. The van der Waals surface area contributed by atoms with E-state index in [4.69, 9.17) is 20.5 Å². The van der Waals surface area contributed by atoms with Crippen LogP contribution in [0.3, 0.4) is 0 Å². The molecule has 0 aliphatic rings. The second kappa shape index (κ2) is 8.08. The van der Waals surface area contributed by atoms with E-state index in [9.17, 15) is 14.9 Å². The van der Waals surface area contributed by atoms with Crippen LogP contribution in [-0.4, -0.2) is 32.9 Å². The number of halogens is 1. The summed E-state index contributed by atoms with van der Waals surface area (Å²) in [5.41, 5.74) is 2.76. The van der Waals surface area contributed by atoms with E-state index in [-0.39, 0.29) is 23.9 Å². The summed E-state index contributed by atoms with van der Waals surface area (Å²) in [5.74, 6) is 1.06. The molecule has 0 aliphatic carbocycles. The average Bonchev–Trinajstić information content (AvgIpc) is 3.29. The number of rotatable bonds is 5. The first-order valence-electron chi connectivity index (χ1n) is 9.68. The lowest BCUT2D eigenvalue weighted by Gasteiger charge is -2.19. The fourth-order valence-corrected chi connectivity index (χ4v) is 3.79. The second-order valence-electron chi connectivity index (χ2n) is 7.52. The van der Waals surface area contributed by atoms with E-state index in [1.807, 2.05) is 19.9 Å². The van der Waals surface area contributed by atoms with E-state index in [1.54, 1.807) is 20.0 Å². The largest absolute Gasteiger partial charge is 0.466 e. The number of aromatic nitrogens is 2. The number of pyridine rings is 1. The third kappa shape index (κ3) is 3.82. The van der Waals surface area contributed by atoms with Gasteiger partial charge in [0.15, 0.2) is 0 Å². The molecule has 0 spiro atoms. The van der Waals surface area contributed by atoms with Gasteiger partial charge in [-0.05, 0) is 44.5 Å². The number of nitro groups is 1. The van der Waals surface area contributed by atoms with Gasteiger partial charge in [-0.3, -0.25) is 14.9 Å². The minimum absolute atomic E-state index is 0.0761. The average molecular weight is 455 g/mol. The minimum atomic E-state index is -0.504. The molecule has 0 atom stereocenters. The minimum Gasteiger partial charge on any atom is -0.466 e. The van der Waals surface area contributed by atoms with Crippen LogP contribution in [0, 0.1) is 30.9 Å². The van der Waals surface area contributed by atoms with Gasteiger partial charge in [-0.1, -0.05) is 16.8 Å². The van der Waals surface area contributed by atoms with E-state index < -0.39 is 4.92 Å². The molecule has 1 amide bonds. The number of hydrogen-bond acceptors (Lipinski definition) is 7. The smallest absolute Gasteiger partial charge is 0.269 e. The highest BCUT2D eigenvalue weighted by molar-refractivity contribution is 6.31. The van der Waals surface area contributed by atoms with Crippen LogP contribution in [0.15, 0.2) is 39.3 Å². The molecule has 0 fully saturated rings. The maximum Gasteiger partial charge on any atom is 0.269 e. The van der Waals surface area contributed by atoms with E-state index in [1.165, 1.54) is 23.1 Å². The molecule has 0 aliphatic heterocycles. The standard InChI is InChI=1S/C22H19ClN4O5/c1-11-7-16(13(3)31-11)19-9-17(20-12(2)25-32-21(20)24-19)22(28)26(4)10-14-8-15(27(29)30)5-6-18(14)23/h5-9H,10H2,1-4H3. The lowest BCUT2D eigenvalue weighted by molar-refractivity contribution is -0.384. The molecular formula is C22H19ClN4O5. The lowest BCUT2D eigenvalue weighted by atomic mass is 10.0. The molecule has 3 heterocycles. The molecule has 4 rings (SSSR count). The molecule has 32 heavy (non-hydrogen) atoms. The number of carbonyl (C=O) groups is 1. The maximum atomic E-state index is 13.4. The highest BCUT2D eigenvalue weighted by Gasteiger charge is 2.24. The molecule has 0 saturated heterocycles. The van der Waals surface area contributed by atoms with Crippen molar-refractivity contribution in [2.24, 2.45) is 0 Å². The van der Waals surface area contributed by atoms with Gasteiger partial charge in [0.05, 0.1) is 27.3 Å². The van der Waals surface area contributed by atoms with Crippen molar-refractivity contribution in [3.8, 4) is 11.3 Å². The van der Waals surface area contributed by atoms with Crippen molar-refractivity contribution in [2.75, 3.05) is 7.05 Å². The molecule has 1 aromatic carbocycles. The number of aryl methyl sites for hydroxylation is 3. The normalized spacial score (nSPS) is 11.2. The third-order valence-corrected chi connectivity index (χ3v) is 5.53. The van der Waals surface area contributed by atoms with Gasteiger partial charge >= 0.3 is 0 Å². The van der Waals surface area contributed by atoms with Crippen molar-refractivity contribution in [3.05, 3.63) is 73.8 Å². The molecule has 4 aromatic rings. The zero-order chi connectivity index (χ0) is 23.2. The summed E-state index contributed by atoms with van der Waals surface area (Å²) in [4.78, 5) is 30.0. The van der Waals surface area contributed by atoms with Crippen molar-refractivity contribution in [1.29, 1.82) is 0 Å². The first kappa shape index (κ1) is 21.5. The van der Waals surface area contributed by atoms with Crippen LogP contribution >= 0.6 is 11.6 Å². The fourth-order valence-electron chi connectivity index (χ4n) is 3.62. The Morgan fingerprint density at radius 3 is 2.62 bits per heavy atom. The number of fused-ring (bicyclic) bond motifs is 1. The Bertz CT molecular complexity index is 1370. The number of nitro benzene ring substituents is 1.